The average Bonchev–Trinajstić information content (AvgIpc) is 3.48. The minimum Gasteiger partial charge on any atom is -0.477 e. The van der Waals surface area contributed by atoms with Crippen molar-refractivity contribution in [2.24, 2.45) is 5.16 Å². The number of thioether (sulfide) groups is 1. The number of aromatic nitrogens is 3. The van der Waals surface area contributed by atoms with E-state index in [-0.39, 0.29) is 28.8 Å². The number of nitrogens with two attached hydrogens (primary N) is 1. The highest BCUT2D eigenvalue weighted by Crippen LogP contribution is 2.40. The molecular weight excluding hydrogens is 520 g/mol. The third-order valence-corrected chi connectivity index (χ3v) is 7.86. The van der Waals surface area contributed by atoms with Gasteiger partial charge in [-0.3, -0.25) is 14.5 Å². The summed E-state index contributed by atoms with van der Waals surface area (Å²) in [5, 5.41) is 27.0. The van der Waals surface area contributed by atoms with Gasteiger partial charge in [0.25, 0.3) is 17.5 Å². The van der Waals surface area contributed by atoms with Gasteiger partial charge in [-0.1, -0.05) is 11.2 Å². The number of carboxylic acid groups (broad SMARTS) is 1. The normalized spacial score (nSPS) is 19.3. The van der Waals surface area contributed by atoms with E-state index in [0.29, 0.717) is 22.7 Å². The second-order valence-electron chi connectivity index (χ2n) is 7.99. The van der Waals surface area contributed by atoms with Gasteiger partial charge in [-0.15, -0.1) is 23.1 Å². The largest absolute Gasteiger partial charge is 0.477 e. The number of rotatable bonds is 7. The molecule has 0 radical (unpaired) electrons. The maximum absolute atomic E-state index is 13.1. The molecule has 0 spiro atoms. The van der Waals surface area contributed by atoms with Crippen molar-refractivity contribution in [2.45, 2.75) is 18.0 Å². The lowest BCUT2D eigenvalue weighted by Crippen LogP contribution is -2.71. The van der Waals surface area contributed by atoms with Crippen LogP contribution in [0.1, 0.15) is 11.4 Å². The van der Waals surface area contributed by atoms with Gasteiger partial charge in [-0.05, 0) is 6.07 Å². The number of nitrogens with zero attached hydrogens (tertiary/aromatic N) is 6. The van der Waals surface area contributed by atoms with Crippen LogP contribution in [0.15, 0.2) is 52.4 Å². The second kappa shape index (κ2) is 9.56. The molecule has 2 aliphatic heterocycles. The van der Waals surface area contributed by atoms with E-state index in [4.69, 9.17) is 10.6 Å². The summed E-state index contributed by atoms with van der Waals surface area (Å²) in [5.41, 5.74) is 7.18. The highest BCUT2D eigenvalue weighted by atomic mass is 32.2. The van der Waals surface area contributed by atoms with Gasteiger partial charge in [0, 0.05) is 22.8 Å². The van der Waals surface area contributed by atoms with Crippen LogP contribution in [-0.2, 0) is 25.8 Å². The Morgan fingerprint density at radius 3 is 2.95 bits per heavy atom. The molecule has 0 saturated carbocycles. The lowest BCUT2D eigenvalue weighted by atomic mass is 10.0. The van der Waals surface area contributed by atoms with Crippen molar-refractivity contribution in [1.82, 2.24) is 19.6 Å². The number of thiazole rings is 1. The Balaban J connectivity index is 1.40. The Morgan fingerprint density at radius 2 is 2.27 bits per heavy atom. The number of β-lactam (4-membered cyclic amide) rings is 1. The molecule has 2 aliphatic rings. The van der Waals surface area contributed by atoms with Crippen molar-refractivity contribution in [3.8, 4) is 6.07 Å². The molecule has 188 valence electrons. The van der Waals surface area contributed by atoms with Crippen LogP contribution in [0.5, 0.6) is 0 Å². The fourth-order valence-electron chi connectivity index (χ4n) is 4.27. The third-order valence-electron chi connectivity index (χ3n) is 5.84. The Hall–Kier alpha value is -4.42. The number of carboxylic acids is 1. The quantitative estimate of drug-likeness (QED) is 0.160. The first kappa shape index (κ1) is 24.3. The topological polar surface area (TPSA) is 179 Å². The number of nitrogens with one attached hydrogen (secondary N) is 1. The summed E-state index contributed by atoms with van der Waals surface area (Å²) in [5.74, 6) is -2.19. The molecule has 4 N–H and O–H groups in total. The predicted molar refractivity (Wildman–Crippen MR) is 132 cm³/mol. The van der Waals surface area contributed by atoms with Crippen LogP contribution in [0.25, 0.3) is 5.65 Å². The monoisotopic (exact) mass is 539 g/mol. The van der Waals surface area contributed by atoms with Crippen LogP contribution < -0.4 is 15.6 Å². The first-order valence-electron chi connectivity index (χ1n) is 10.8. The summed E-state index contributed by atoms with van der Waals surface area (Å²) < 4.78 is 3.48. The molecule has 0 bridgehead atoms. The molecule has 3 aromatic heterocycles. The van der Waals surface area contributed by atoms with Gasteiger partial charge in [0.15, 0.2) is 10.8 Å². The van der Waals surface area contributed by atoms with Crippen LogP contribution in [0.3, 0.4) is 0 Å². The van der Waals surface area contributed by atoms with Crippen molar-refractivity contribution in [3.05, 3.63) is 58.6 Å². The summed E-state index contributed by atoms with van der Waals surface area (Å²) in [6.45, 7) is 0.174. The number of oxime groups is 1. The first-order valence-corrected chi connectivity index (χ1v) is 12.7. The van der Waals surface area contributed by atoms with Crippen molar-refractivity contribution >= 4 is 57.4 Å². The second-order valence-corrected chi connectivity index (χ2v) is 9.99. The van der Waals surface area contributed by atoms with E-state index in [9.17, 15) is 24.8 Å². The molecule has 5 heterocycles. The fourth-order valence-corrected chi connectivity index (χ4v) is 6.15. The number of carbonyl (C=O) groups is 3. The molecule has 1 fully saturated rings. The predicted octanol–water partition coefficient (Wildman–Crippen LogP) is -0.0735. The smallest absolute Gasteiger partial charge is 0.352 e. The number of imidazole rings is 1. The van der Waals surface area contributed by atoms with E-state index in [2.05, 4.69) is 21.5 Å². The summed E-state index contributed by atoms with van der Waals surface area (Å²) in [4.78, 5) is 48.2. The molecule has 13 nitrogen and oxygen atoms in total. The minimum absolute atomic E-state index is 0.126. The lowest BCUT2D eigenvalue weighted by Gasteiger charge is -2.49. The van der Waals surface area contributed by atoms with Crippen molar-refractivity contribution in [3.63, 3.8) is 0 Å². The number of aliphatic carboxylic acids is 1. The van der Waals surface area contributed by atoms with Gasteiger partial charge in [-0.2, -0.15) is 9.66 Å². The molecule has 1 saturated heterocycles. The van der Waals surface area contributed by atoms with Gasteiger partial charge < -0.3 is 21.0 Å². The summed E-state index contributed by atoms with van der Waals surface area (Å²) >= 11 is 2.46. The van der Waals surface area contributed by atoms with Crippen molar-refractivity contribution in [1.29, 1.82) is 5.26 Å². The summed E-state index contributed by atoms with van der Waals surface area (Å²) in [7, 11) is 1.27. The summed E-state index contributed by atoms with van der Waals surface area (Å²) in [6.07, 6.45) is 3.39. The van der Waals surface area contributed by atoms with Gasteiger partial charge in [0.1, 0.15) is 48.7 Å². The maximum Gasteiger partial charge on any atom is 0.352 e. The number of amides is 2. The Morgan fingerprint density at radius 1 is 1.46 bits per heavy atom. The van der Waals surface area contributed by atoms with Crippen LogP contribution in [-0.4, -0.2) is 67.2 Å². The molecule has 0 aromatic carbocycles. The Kier molecular flexibility index (Phi) is 6.27. The van der Waals surface area contributed by atoms with Gasteiger partial charge in [0.05, 0.1) is 6.20 Å². The molecule has 37 heavy (non-hydrogen) atoms. The zero-order valence-electron chi connectivity index (χ0n) is 19.2. The number of hydrogen-bond acceptors (Lipinski definition) is 10. The average molecular weight is 540 g/mol. The van der Waals surface area contributed by atoms with Crippen molar-refractivity contribution < 1.29 is 28.9 Å². The molecule has 2 amide bonds. The highest BCUT2D eigenvalue weighted by Gasteiger charge is 2.54. The number of hydrogen-bond donors (Lipinski definition) is 3. The molecule has 0 unspecified atom stereocenters. The zero-order valence-corrected chi connectivity index (χ0v) is 20.8. The van der Waals surface area contributed by atoms with Crippen LogP contribution in [0.2, 0.25) is 0 Å². The van der Waals surface area contributed by atoms with Gasteiger partial charge >= 0.3 is 5.97 Å². The van der Waals surface area contributed by atoms with Gasteiger partial charge in [0.2, 0.25) is 5.69 Å². The van der Waals surface area contributed by atoms with Crippen LogP contribution >= 0.6 is 23.1 Å². The number of fused-ring (bicyclic) bond motifs is 2. The number of pyridine rings is 1. The maximum atomic E-state index is 13.1. The van der Waals surface area contributed by atoms with Crippen LogP contribution in [0.4, 0.5) is 5.13 Å². The molecule has 3 aromatic rings. The SMILES string of the molecule is CO/N=C(\C(=O)N[C@@H]1C(=O)N2C(C(=O)O)=C(C[n+]3cc(C#N)n4ccccc43)CS[C@@H]12)c1csc(N)n1. The molecule has 0 aliphatic carbocycles. The van der Waals surface area contributed by atoms with E-state index >= 15 is 0 Å². The third kappa shape index (κ3) is 4.15. The number of carbonyl (C=O) groups excluding carboxylic acids is 2. The van der Waals surface area contributed by atoms with Crippen LogP contribution in [0, 0.1) is 11.3 Å². The highest BCUT2D eigenvalue weighted by molar-refractivity contribution is 8.00. The number of nitriles is 1. The van der Waals surface area contributed by atoms with E-state index in [0.717, 1.165) is 11.3 Å². The van der Waals surface area contributed by atoms with E-state index in [1.165, 1.54) is 29.2 Å². The standard InChI is InChI=1S/C22H18N8O5S2/c1-35-27-15(13-10-37-22(24)25-13)18(31)26-16-19(32)30-17(21(33)34)11(9-36-20(16)30)7-28-8-12(6-23)29-5-3-2-4-14(28)29/h2-5,8,10,16,20H,7,9H2,1H3,(H3-,24,25,26,31,33,34)/p+1/b27-15-/t16-,20+/m1/s1. The number of nitrogen functional groups attached to an aromatic ring is 1. The first-order chi connectivity index (χ1) is 17.8. The Bertz CT molecular complexity index is 1550. The molecule has 5 rings (SSSR count). The zero-order chi connectivity index (χ0) is 26.3. The summed E-state index contributed by atoms with van der Waals surface area (Å²) in [6, 6.07) is 6.59. The Labute approximate surface area is 217 Å². The molecule has 15 heteroatoms. The lowest BCUT2D eigenvalue weighted by molar-refractivity contribution is -0.662. The van der Waals surface area contributed by atoms with E-state index < -0.39 is 29.2 Å². The minimum atomic E-state index is -1.25. The van der Waals surface area contributed by atoms with Crippen molar-refractivity contribution in [2.75, 3.05) is 18.6 Å². The molecular formula is C22H19N8O5S2+. The fraction of sp³-hybridized carbons (Fsp3) is 0.227. The molecule has 2 atom stereocenters. The van der Waals surface area contributed by atoms with Gasteiger partial charge in [-0.25, -0.2) is 14.3 Å². The van der Waals surface area contributed by atoms with E-state index in [1.54, 1.807) is 27.4 Å². The number of anilines is 1. The van der Waals surface area contributed by atoms with E-state index in [1.807, 2.05) is 12.1 Å².